The van der Waals surface area contributed by atoms with E-state index in [9.17, 15) is 13.2 Å². The SMILES string of the molecule is COc1ccc(C(=O)N2CCN(C)CC2)cc1S(=O)(=O)N1CCCCCC1. The Morgan fingerprint density at radius 3 is 2.19 bits per heavy atom. The van der Waals surface area contributed by atoms with Crippen LogP contribution in [0, 0.1) is 0 Å². The van der Waals surface area contributed by atoms with Crippen LogP contribution in [0.5, 0.6) is 5.75 Å². The Morgan fingerprint density at radius 2 is 1.59 bits per heavy atom. The lowest BCUT2D eigenvalue weighted by molar-refractivity contribution is 0.0664. The molecule has 0 bridgehead atoms. The summed E-state index contributed by atoms with van der Waals surface area (Å²) in [6.45, 7) is 3.97. The van der Waals surface area contributed by atoms with E-state index >= 15 is 0 Å². The molecule has 0 N–H and O–H groups in total. The summed E-state index contributed by atoms with van der Waals surface area (Å²) in [5.41, 5.74) is 0.397. The Hall–Kier alpha value is -1.64. The maximum Gasteiger partial charge on any atom is 0.253 e. The fourth-order valence-electron chi connectivity index (χ4n) is 3.62. The standard InChI is InChI=1S/C19H29N3O4S/c1-20-11-13-21(14-12-20)19(23)16-7-8-17(26-2)18(15-16)27(24,25)22-9-5-3-4-6-10-22/h7-8,15H,3-6,9-14H2,1-2H3. The van der Waals surface area contributed by atoms with Crippen LogP contribution < -0.4 is 4.74 Å². The normalized spacial score (nSPS) is 20.3. The molecule has 0 aromatic heterocycles. The number of ether oxygens (including phenoxy) is 1. The third-order valence-electron chi connectivity index (χ3n) is 5.38. The smallest absolute Gasteiger partial charge is 0.253 e. The van der Waals surface area contributed by atoms with Crippen LogP contribution in [0.3, 0.4) is 0 Å². The van der Waals surface area contributed by atoms with Gasteiger partial charge in [0.05, 0.1) is 7.11 Å². The minimum Gasteiger partial charge on any atom is -0.495 e. The lowest BCUT2D eigenvalue weighted by Gasteiger charge is -2.32. The molecule has 2 aliphatic heterocycles. The van der Waals surface area contributed by atoms with Gasteiger partial charge >= 0.3 is 0 Å². The molecule has 27 heavy (non-hydrogen) atoms. The molecule has 2 heterocycles. The van der Waals surface area contributed by atoms with Gasteiger partial charge < -0.3 is 14.5 Å². The van der Waals surface area contributed by atoms with Crippen molar-refractivity contribution >= 4 is 15.9 Å². The highest BCUT2D eigenvalue weighted by molar-refractivity contribution is 7.89. The molecule has 8 heteroatoms. The molecule has 0 unspecified atom stereocenters. The van der Waals surface area contributed by atoms with Crippen LogP contribution in [-0.4, -0.2) is 81.9 Å². The molecule has 0 saturated carbocycles. The number of nitrogens with zero attached hydrogens (tertiary/aromatic N) is 3. The van der Waals surface area contributed by atoms with E-state index in [2.05, 4.69) is 4.90 Å². The second-order valence-electron chi connectivity index (χ2n) is 7.28. The zero-order valence-electron chi connectivity index (χ0n) is 16.2. The number of sulfonamides is 1. The van der Waals surface area contributed by atoms with Crippen LogP contribution in [0.4, 0.5) is 0 Å². The van der Waals surface area contributed by atoms with Crippen molar-refractivity contribution in [3.63, 3.8) is 0 Å². The van der Waals surface area contributed by atoms with Crippen molar-refractivity contribution in [2.45, 2.75) is 30.6 Å². The number of amides is 1. The first-order valence-electron chi connectivity index (χ1n) is 9.59. The number of benzene rings is 1. The van der Waals surface area contributed by atoms with Crippen LogP contribution in [-0.2, 0) is 10.0 Å². The zero-order chi connectivity index (χ0) is 19.4. The molecule has 2 aliphatic rings. The fraction of sp³-hybridized carbons (Fsp3) is 0.632. The summed E-state index contributed by atoms with van der Waals surface area (Å²) in [6.07, 6.45) is 3.82. The van der Waals surface area contributed by atoms with Crippen molar-refractivity contribution in [3.8, 4) is 5.75 Å². The lowest BCUT2D eigenvalue weighted by Crippen LogP contribution is -2.47. The number of methoxy groups -OCH3 is 1. The van der Waals surface area contributed by atoms with E-state index in [1.165, 1.54) is 17.5 Å². The first-order chi connectivity index (χ1) is 12.9. The molecule has 0 spiro atoms. The van der Waals surface area contributed by atoms with Crippen molar-refractivity contribution in [1.82, 2.24) is 14.1 Å². The van der Waals surface area contributed by atoms with Gasteiger partial charge in [-0.2, -0.15) is 4.31 Å². The van der Waals surface area contributed by atoms with Crippen molar-refractivity contribution in [2.75, 3.05) is 53.4 Å². The minimum absolute atomic E-state index is 0.0897. The number of likely N-dealkylation sites (N-methyl/N-ethyl adjacent to an activating group) is 1. The Balaban J connectivity index is 1.90. The average Bonchev–Trinajstić information content (AvgIpc) is 2.97. The summed E-state index contributed by atoms with van der Waals surface area (Å²) in [5, 5.41) is 0. The number of carbonyl (C=O) groups is 1. The molecule has 2 saturated heterocycles. The highest BCUT2D eigenvalue weighted by Gasteiger charge is 2.30. The molecule has 0 radical (unpaired) electrons. The van der Waals surface area contributed by atoms with Gasteiger partial charge in [0.1, 0.15) is 10.6 Å². The molecule has 7 nitrogen and oxygen atoms in total. The molecular weight excluding hydrogens is 366 g/mol. The fourth-order valence-corrected chi connectivity index (χ4v) is 5.32. The number of piperazine rings is 1. The Morgan fingerprint density at radius 1 is 0.963 bits per heavy atom. The van der Waals surface area contributed by atoms with Crippen LogP contribution >= 0.6 is 0 Å². The Kier molecular flexibility index (Phi) is 6.39. The van der Waals surface area contributed by atoms with E-state index in [0.717, 1.165) is 38.8 Å². The molecule has 1 aromatic carbocycles. The van der Waals surface area contributed by atoms with Crippen molar-refractivity contribution in [3.05, 3.63) is 23.8 Å². The summed E-state index contributed by atoms with van der Waals surface area (Å²) < 4.78 is 33.3. The van der Waals surface area contributed by atoms with Crippen molar-refractivity contribution in [1.29, 1.82) is 0 Å². The molecule has 150 valence electrons. The monoisotopic (exact) mass is 395 g/mol. The summed E-state index contributed by atoms with van der Waals surface area (Å²) in [5.74, 6) is 0.159. The van der Waals surface area contributed by atoms with Crippen LogP contribution in [0.1, 0.15) is 36.0 Å². The van der Waals surface area contributed by atoms with Gasteiger partial charge in [-0.3, -0.25) is 4.79 Å². The molecule has 1 aromatic rings. The molecule has 1 amide bonds. The highest BCUT2D eigenvalue weighted by atomic mass is 32.2. The van der Waals surface area contributed by atoms with Crippen molar-refractivity contribution in [2.24, 2.45) is 0 Å². The van der Waals surface area contributed by atoms with Gasteiger partial charge in [0.25, 0.3) is 5.91 Å². The number of rotatable bonds is 4. The van der Waals surface area contributed by atoms with Gasteiger partial charge in [0, 0.05) is 44.8 Å². The Bertz CT molecular complexity index is 765. The van der Waals surface area contributed by atoms with E-state index in [1.807, 2.05) is 7.05 Å². The van der Waals surface area contributed by atoms with E-state index in [1.54, 1.807) is 17.0 Å². The van der Waals surface area contributed by atoms with Gasteiger partial charge in [-0.15, -0.1) is 0 Å². The number of hydrogen-bond acceptors (Lipinski definition) is 5. The predicted molar refractivity (Wildman–Crippen MR) is 104 cm³/mol. The van der Waals surface area contributed by atoms with Gasteiger partial charge in [0.15, 0.2) is 0 Å². The van der Waals surface area contributed by atoms with Crippen LogP contribution in [0.25, 0.3) is 0 Å². The summed E-state index contributed by atoms with van der Waals surface area (Å²) >= 11 is 0. The van der Waals surface area contributed by atoms with Crippen LogP contribution in [0.15, 0.2) is 23.1 Å². The molecule has 2 fully saturated rings. The summed E-state index contributed by atoms with van der Waals surface area (Å²) in [4.78, 5) is 16.9. The van der Waals surface area contributed by atoms with E-state index in [0.29, 0.717) is 31.7 Å². The maximum atomic E-state index is 13.2. The first-order valence-corrected chi connectivity index (χ1v) is 11.0. The van der Waals surface area contributed by atoms with Crippen LogP contribution in [0.2, 0.25) is 0 Å². The summed E-state index contributed by atoms with van der Waals surface area (Å²) in [7, 11) is -0.208. The average molecular weight is 396 g/mol. The zero-order valence-corrected chi connectivity index (χ0v) is 17.0. The molecule has 0 atom stereocenters. The lowest BCUT2D eigenvalue weighted by atomic mass is 10.1. The van der Waals surface area contributed by atoms with Gasteiger partial charge in [0.2, 0.25) is 10.0 Å². The number of carbonyl (C=O) groups excluding carboxylic acids is 1. The van der Waals surface area contributed by atoms with Gasteiger partial charge in [-0.05, 0) is 38.1 Å². The first kappa shape index (κ1) is 20.1. The van der Waals surface area contributed by atoms with Gasteiger partial charge in [-0.25, -0.2) is 8.42 Å². The van der Waals surface area contributed by atoms with Crippen molar-refractivity contribution < 1.29 is 17.9 Å². The highest BCUT2D eigenvalue weighted by Crippen LogP contribution is 2.30. The third-order valence-corrected chi connectivity index (χ3v) is 7.30. The van der Waals surface area contributed by atoms with Gasteiger partial charge in [-0.1, -0.05) is 12.8 Å². The Labute approximate surface area is 161 Å². The largest absolute Gasteiger partial charge is 0.495 e. The number of hydrogen-bond donors (Lipinski definition) is 0. The minimum atomic E-state index is -3.69. The molecule has 3 rings (SSSR count). The van der Waals surface area contributed by atoms with E-state index < -0.39 is 10.0 Å². The third kappa shape index (κ3) is 4.44. The maximum absolute atomic E-state index is 13.2. The van der Waals surface area contributed by atoms with E-state index in [-0.39, 0.29) is 16.6 Å². The molecular formula is C19H29N3O4S. The quantitative estimate of drug-likeness (QED) is 0.775. The molecule has 0 aliphatic carbocycles. The topological polar surface area (TPSA) is 70.2 Å². The second-order valence-corrected chi connectivity index (χ2v) is 9.19. The summed E-state index contributed by atoms with van der Waals surface area (Å²) in [6, 6.07) is 4.73. The predicted octanol–water partition coefficient (Wildman–Crippen LogP) is 1.65. The second kappa shape index (κ2) is 8.58. The van der Waals surface area contributed by atoms with E-state index in [4.69, 9.17) is 4.74 Å².